The highest BCUT2D eigenvalue weighted by Gasteiger charge is 2.31. The van der Waals surface area contributed by atoms with E-state index in [9.17, 15) is 9.59 Å². The van der Waals surface area contributed by atoms with Gasteiger partial charge in [-0.25, -0.2) is 4.79 Å². The van der Waals surface area contributed by atoms with E-state index in [1.54, 1.807) is 0 Å². The van der Waals surface area contributed by atoms with Crippen molar-refractivity contribution in [1.29, 1.82) is 0 Å². The highest BCUT2D eigenvalue weighted by molar-refractivity contribution is 5.75. The van der Waals surface area contributed by atoms with Gasteiger partial charge in [-0.2, -0.15) is 0 Å². The molecule has 6 heteroatoms. The fourth-order valence-corrected chi connectivity index (χ4v) is 3.01. The molecule has 0 radical (unpaired) electrons. The van der Waals surface area contributed by atoms with Gasteiger partial charge in [-0.3, -0.25) is 4.79 Å². The van der Waals surface area contributed by atoms with Gasteiger partial charge < -0.3 is 20.5 Å². The molecular weight excluding hydrogens is 260 g/mol. The number of carbonyl (C=O) groups excluding carboxylic acids is 1. The average molecular weight is 284 g/mol. The third kappa shape index (κ3) is 4.10. The van der Waals surface area contributed by atoms with Crippen LogP contribution in [0.15, 0.2) is 0 Å². The normalized spacial score (nSPS) is 34.2. The lowest BCUT2D eigenvalue weighted by atomic mass is 9.86. The summed E-state index contributed by atoms with van der Waals surface area (Å²) in [6, 6.07) is -0.0875. The lowest BCUT2D eigenvalue weighted by Crippen LogP contribution is -2.56. The minimum atomic E-state index is -0.722. The van der Waals surface area contributed by atoms with E-state index in [1.165, 1.54) is 0 Å². The van der Waals surface area contributed by atoms with E-state index < -0.39 is 5.97 Å². The lowest BCUT2D eigenvalue weighted by molar-refractivity contribution is -0.142. The molecule has 114 valence electrons. The Balaban J connectivity index is 1.74. The monoisotopic (exact) mass is 284 g/mol. The second-order valence-electron chi connectivity index (χ2n) is 6.20. The summed E-state index contributed by atoms with van der Waals surface area (Å²) in [5, 5.41) is 14.9. The van der Waals surface area contributed by atoms with Crippen LogP contribution in [0.4, 0.5) is 4.79 Å². The Morgan fingerprint density at radius 2 is 1.95 bits per heavy atom. The molecule has 1 atom stereocenters. The number of aliphatic carboxylic acids is 1. The number of carboxylic acid groups (broad SMARTS) is 1. The summed E-state index contributed by atoms with van der Waals surface area (Å²) in [6.45, 7) is 3.30. The molecule has 1 aliphatic carbocycles. The van der Waals surface area contributed by atoms with E-state index in [-0.39, 0.29) is 23.5 Å². The SMILES string of the molecule is CC1(NC(=O)NC2CCC(C(=O)O)CC2)CCCOC1. The number of amides is 2. The summed E-state index contributed by atoms with van der Waals surface area (Å²) >= 11 is 0. The first-order valence-electron chi connectivity index (χ1n) is 7.38. The molecule has 3 N–H and O–H groups in total. The van der Waals surface area contributed by atoms with Gasteiger partial charge in [-0.1, -0.05) is 0 Å². The molecule has 1 saturated heterocycles. The van der Waals surface area contributed by atoms with E-state index in [1.807, 2.05) is 6.92 Å². The Labute approximate surface area is 119 Å². The molecule has 20 heavy (non-hydrogen) atoms. The standard InChI is InChI=1S/C14H24N2O4/c1-14(7-2-8-20-9-14)16-13(19)15-11-5-3-10(4-6-11)12(17)18/h10-11H,2-9H2,1H3,(H,17,18)(H2,15,16,19). The average Bonchev–Trinajstić information content (AvgIpc) is 2.39. The van der Waals surface area contributed by atoms with Crippen molar-refractivity contribution in [3.8, 4) is 0 Å². The van der Waals surface area contributed by atoms with Crippen LogP contribution < -0.4 is 10.6 Å². The topological polar surface area (TPSA) is 87.7 Å². The van der Waals surface area contributed by atoms with Gasteiger partial charge in [0.2, 0.25) is 0 Å². The molecule has 2 aliphatic rings. The molecule has 0 bridgehead atoms. The van der Waals surface area contributed by atoms with Crippen molar-refractivity contribution in [2.24, 2.45) is 5.92 Å². The van der Waals surface area contributed by atoms with Crippen LogP contribution >= 0.6 is 0 Å². The number of carboxylic acids is 1. The smallest absolute Gasteiger partial charge is 0.315 e. The van der Waals surface area contributed by atoms with Crippen LogP contribution in [0.5, 0.6) is 0 Å². The third-order valence-electron chi connectivity index (χ3n) is 4.26. The number of nitrogens with one attached hydrogen (secondary N) is 2. The van der Waals surface area contributed by atoms with Gasteiger partial charge in [-0.15, -0.1) is 0 Å². The second-order valence-corrected chi connectivity index (χ2v) is 6.20. The minimum absolute atomic E-state index is 0.0821. The molecule has 0 aromatic heterocycles. The van der Waals surface area contributed by atoms with E-state index in [0.29, 0.717) is 19.4 Å². The van der Waals surface area contributed by atoms with Gasteiger partial charge in [0.15, 0.2) is 0 Å². The van der Waals surface area contributed by atoms with Crippen LogP contribution in [-0.4, -0.2) is 41.9 Å². The van der Waals surface area contributed by atoms with Crippen molar-refractivity contribution in [1.82, 2.24) is 10.6 Å². The number of carbonyl (C=O) groups is 2. The molecule has 1 aliphatic heterocycles. The van der Waals surface area contributed by atoms with Crippen molar-refractivity contribution in [2.75, 3.05) is 13.2 Å². The molecule has 2 amide bonds. The van der Waals surface area contributed by atoms with Crippen molar-refractivity contribution < 1.29 is 19.4 Å². The van der Waals surface area contributed by atoms with Crippen molar-refractivity contribution in [3.63, 3.8) is 0 Å². The Morgan fingerprint density at radius 3 is 2.50 bits per heavy atom. The zero-order valence-electron chi connectivity index (χ0n) is 12.0. The maximum absolute atomic E-state index is 12.0. The van der Waals surface area contributed by atoms with E-state index in [4.69, 9.17) is 9.84 Å². The molecule has 6 nitrogen and oxygen atoms in total. The van der Waals surface area contributed by atoms with Gasteiger partial charge in [0.05, 0.1) is 18.1 Å². The maximum Gasteiger partial charge on any atom is 0.315 e. The number of rotatable bonds is 3. The van der Waals surface area contributed by atoms with Crippen LogP contribution in [-0.2, 0) is 9.53 Å². The summed E-state index contributed by atoms with van der Waals surface area (Å²) in [4.78, 5) is 22.9. The van der Waals surface area contributed by atoms with Crippen LogP contribution in [0.3, 0.4) is 0 Å². The van der Waals surface area contributed by atoms with Gasteiger partial charge in [0.1, 0.15) is 0 Å². The zero-order chi connectivity index (χ0) is 14.6. The summed E-state index contributed by atoms with van der Waals surface area (Å²) < 4.78 is 5.41. The van der Waals surface area contributed by atoms with Crippen LogP contribution in [0.1, 0.15) is 45.4 Å². The van der Waals surface area contributed by atoms with Gasteiger partial charge >= 0.3 is 12.0 Å². The number of hydrogen-bond donors (Lipinski definition) is 3. The summed E-state index contributed by atoms with van der Waals surface area (Å²) in [5.74, 6) is -0.972. The van der Waals surface area contributed by atoms with Crippen LogP contribution in [0, 0.1) is 5.92 Å². The molecule has 2 fully saturated rings. The summed E-state index contributed by atoms with van der Waals surface area (Å²) in [5.41, 5.74) is -0.291. The third-order valence-corrected chi connectivity index (χ3v) is 4.26. The maximum atomic E-state index is 12.0. The Bertz CT molecular complexity index is 358. The molecule has 0 aromatic carbocycles. The zero-order valence-corrected chi connectivity index (χ0v) is 12.0. The highest BCUT2D eigenvalue weighted by Crippen LogP contribution is 2.24. The minimum Gasteiger partial charge on any atom is -0.481 e. The first-order chi connectivity index (χ1) is 9.48. The number of ether oxygens (including phenoxy) is 1. The van der Waals surface area contributed by atoms with Crippen molar-refractivity contribution >= 4 is 12.0 Å². The molecule has 1 heterocycles. The quantitative estimate of drug-likeness (QED) is 0.733. The molecular formula is C14H24N2O4. The second kappa shape index (κ2) is 6.43. The Hall–Kier alpha value is -1.30. The fraction of sp³-hybridized carbons (Fsp3) is 0.857. The fourth-order valence-electron chi connectivity index (χ4n) is 3.01. The first kappa shape index (κ1) is 15.1. The largest absolute Gasteiger partial charge is 0.481 e. The molecule has 2 rings (SSSR count). The molecule has 1 unspecified atom stereocenters. The van der Waals surface area contributed by atoms with Gasteiger partial charge in [0, 0.05) is 12.6 Å². The number of hydrogen-bond acceptors (Lipinski definition) is 3. The highest BCUT2D eigenvalue weighted by atomic mass is 16.5. The van der Waals surface area contributed by atoms with Gasteiger partial charge in [0.25, 0.3) is 0 Å². The molecule has 0 aromatic rings. The van der Waals surface area contributed by atoms with Gasteiger partial charge in [-0.05, 0) is 45.4 Å². The lowest BCUT2D eigenvalue weighted by Gasteiger charge is -2.35. The predicted octanol–water partition coefficient (Wildman–Crippen LogP) is 1.50. The Morgan fingerprint density at radius 1 is 1.25 bits per heavy atom. The first-order valence-corrected chi connectivity index (χ1v) is 7.38. The van der Waals surface area contributed by atoms with Crippen LogP contribution in [0.25, 0.3) is 0 Å². The predicted molar refractivity (Wildman–Crippen MR) is 73.5 cm³/mol. The van der Waals surface area contributed by atoms with Crippen LogP contribution in [0.2, 0.25) is 0 Å². The molecule has 0 spiro atoms. The van der Waals surface area contributed by atoms with E-state index >= 15 is 0 Å². The van der Waals surface area contributed by atoms with Crippen molar-refractivity contribution in [3.05, 3.63) is 0 Å². The van der Waals surface area contributed by atoms with E-state index in [2.05, 4.69) is 10.6 Å². The number of urea groups is 1. The Kier molecular flexibility index (Phi) is 4.86. The summed E-state index contributed by atoms with van der Waals surface area (Å²) in [6.07, 6.45) is 4.63. The van der Waals surface area contributed by atoms with Crippen molar-refractivity contribution in [2.45, 2.75) is 57.0 Å². The molecule has 1 saturated carbocycles. The summed E-state index contributed by atoms with van der Waals surface area (Å²) in [7, 11) is 0. The van der Waals surface area contributed by atoms with E-state index in [0.717, 1.165) is 32.3 Å².